The molecule has 0 aliphatic rings. The molecule has 1 aromatic heterocycles. The van der Waals surface area contributed by atoms with Crippen LogP contribution in [0.15, 0.2) is 22.6 Å². The summed E-state index contributed by atoms with van der Waals surface area (Å²) >= 11 is 8.30. The highest BCUT2D eigenvalue weighted by atomic mass is 127. The van der Waals surface area contributed by atoms with E-state index in [-0.39, 0.29) is 0 Å². The predicted octanol–water partition coefficient (Wildman–Crippen LogP) is 3.18. The molecule has 0 spiro atoms. The first-order chi connectivity index (χ1) is 8.69. The van der Waals surface area contributed by atoms with Gasteiger partial charge in [-0.1, -0.05) is 23.6 Å². The second kappa shape index (κ2) is 6.35. The van der Waals surface area contributed by atoms with E-state index in [1.807, 2.05) is 25.1 Å². The van der Waals surface area contributed by atoms with Gasteiger partial charge in [0.2, 0.25) is 5.89 Å². The van der Waals surface area contributed by atoms with Crippen molar-refractivity contribution in [2.24, 2.45) is 0 Å². The molecule has 18 heavy (non-hydrogen) atoms. The molecular formula is C11H12ClIN4O. The van der Waals surface area contributed by atoms with Gasteiger partial charge in [0.05, 0.1) is 17.3 Å². The lowest BCUT2D eigenvalue weighted by Gasteiger charge is -2.03. The summed E-state index contributed by atoms with van der Waals surface area (Å²) in [5.41, 5.74) is 0.746. The normalized spacial score (nSPS) is 10.6. The molecule has 2 aromatic rings. The number of nitrogens with one attached hydrogen (secondary N) is 2. The highest BCUT2D eigenvalue weighted by Crippen LogP contribution is 2.26. The molecule has 5 nitrogen and oxygen atoms in total. The maximum absolute atomic E-state index is 6.10. The topological polar surface area (TPSA) is 63.0 Å². The highest BCUT2D eigenvalue weighted by molar-refractivity contribution is 14.1. The van der Waals surface area contributed by atoms with Gasteiger partial charge in [-0.3, -0.25) is 0 Å². The average Bonchev–Trinajstić information content (AvgIpc) is 2.78. The van der Waals surface area contributed by atoms with Gasteiger partial charge < -0.3 is 15.1 Å². The summed E-state index contributed by atoms with van der Waals surface area (Å²) in [4.78, 5) is 0. The van der Waals surface area contributed by atoms with Crippen LogP contribution in [-0.2, 0) is 6.54 Å². The first-order valence-electron chi connectivity index (χ1n) is 5.44. The minimum Gasteiger partial charge on any atom is -0.406 e. The largest absolute Gasteiger partial charge is 0.406 e. The highest BCUT2D eigenvalue weighted by Gasteiger charge is 2.07. The molecule has 96 valence electrons. The quantitative estimate of drug-likeness (QED) is 0.783. The summed E-state index contributed by atoms with van der Waals surface area (Å²) in [6.45, 7) is 3.43. The van der Waals surface area contributed by atoms with Crippen molar-refractivity contribution in [2.75, 3.05) is 11.9 Å². The van der Waals surface area contributed by atoms with Crippen LogP contribution in [0, 0.1) is 3.57 Å². The Hall–Kier alpha value is -0.860. The number of anilines is 2. The molecule has 0 aliphatic carbocycles. The molecule has 1 aromatic carbocycles. The van der Waals surface area contributed by atoms with Crippen LogP contribution in [0.25, 0.3) is 0 Å². The molecule has 0 amide bonds. The predicted molar refractivity (Wildman–Crippen MR) is 79.1 cm³/mol. The number of benzene rings is 1. The molecule has 0 unspecified atom stereocenters. The van der Waals surface area contributed by atoms with Crippen LogP contribution in [0.4, 0.5) is 11.7 Å². The number of rotatable bonds is 5. The van der Waals surface area contributed by atoms with Crippen molar-refractivity contribution in [3.8, 4) is 0 Å². The third-order valence-corrected chi connectivity index (χ3v) is 3.15. The van der Waals surface area contributed by atoms with Gasteiger partial charge in [0, 0.05) is 3.57 Å². The SMILES string of the molecule is CCNCc1nnc(Nc2ccc(I)cc2Cl)o1. The Labute approximate surface area is 123 Å². The van der Waals surface area contributed by atoms with Crippen LogP contribution in [0.1, 0.15) is 12.8 Å². The Morgan fingerprint density at radius 2 is 2.22 bits per heavy atom. The lowest BCUT2D eigenvalue weighted by atomic mass is 10.3. The third-order valence-electron chi connectivity index (χ3n) is 2.17. The molecule has 0 atom stereocenters. The van der Waals surface area contributed by atoms with Crippen LogP contribution in [-0.4, -0.2) is 16.7 Å². The molecule has 2 N–H and O–H groups in total. The van der Waals surface area contributed by atoms with Gasteiger partial charge in [0.1, 0.15) is 0 Å². The zero-order chi connectivity index (χ0) is 13.0. The summed E-state index contributed by atoms with van der Waals surface area (Å²) in [6.07, 6.45) is 0. The van der Waals surface area contributed by atoms with Gasteiger partial charge in [0.25, 0.3) is 0 Å². The van der Waals surface area contributed by atoms with Crippen molar-refractivity contribution in [3.05, 3.63) is 32.7 Å². The van der Waals surface area contributed by atoms with Gasteiger partial charge in [0.15, 0.2) is 0 Å². The lowest BCUT2D eigenvalue weighted by Crippen LogP contribution is -2.11. The van der Waals surface area contributed by atoms with E-state index in [1.165, 1.54) is 0 Å². The van der Waals surface area contributed by atoms with Crippen LogP contribution in [0.5, 0.6) is 0 Å². The van der Waals surface area contributed by atoms with E-state index in [0.717, 1.165) is 15.8 Å². The second-order valence-electron chi connectivity index (χ2n) is 3.53. The van der Waals surface area contributed by atoms with Gasteiger partial charge in [-0.2, -0.15) is 0 Å². The minimum absolute atomic E-state index is 0.339. The van der Waals surface area contributed by atoms with Crippen molar-refractivity contribution in [1.29, 1.82) is 0 Å². The number of halogens is 2. The van der Waals surface area contributed by atoms with Crippen LogP contribution in [0.2, 0.25) is 5.02 Å². The summed E-state index contributed by atoms with van der Waals surface area (Å²) in [7, 11) is 0. The smallest absolute Gasteiger partial charge is 0.320 e. The van der Waals surface area contributed by atoms with E-state index in [9.17, 15) is 0 Å². The molecule has 1 heterocycles. The molecule has 0 aliphatic heterocycles. The number of hydrogen-bond acceptors (Lipinski definition) is 5. The fourth-order valence-electron chi connectivity index (χ4n) is 1.31. The molecule has 7 heteroatoms. The van der Waals surface area contributed by atoms with Crippen LogP contribution >= 0.6 is 34.2 Å². The lowest BCUT2D eigenvalue weighted by molar-refractivity contribution is 0.484. The number of nitrogens with zero attached hydrogens (tertiary/aromatic N) is 2. The van der Waals surface area contributed by atoms with Crippen molar-refractivity contribution in [2.45, 2.75) is 13.5 Å². The summed E-state index contributed by atoms with van der Waals surface area (Å²) in [6, 6.07) is 6.02. The van der Waals surface area contributed by atoms with E-state index in [0.29, 0.717) is 23.5 Å². The summed E-state index contributed by atoms with van der Waals surface area (Å²) in [5, 5.41) is 14.5. The standard InChI is InChI=1S/C11H12ClIN4O/c1-2-14-6-10-16-17-11(18-10)15-9-4-3-7(13)5-8(9)12/h3-5,14H,2,6H2,1H3,(H,15,17). The Morgan fingerprint density at radius 3 is 2.94 bits per heavy atom. The minimum atomic E-state index is 0.339. The van der Waals surface area contributed by atoms with Gasteiger partial charge in [-0.15, -0.1) is 5.10 Å². The van der Waals surface area contributed by atoms with Crippen molar-refractivity contribution in [3.63, 3.8) is 0 Å². The fraction of sp³-hybridized carbons (Fsp3) is 0.273. The second-order valence-corrected chi connectivity index (χ2v) is 5.18. The van der Waals surface area contributed by atoms with Gasteiger partial charge in [-0.05, 0) is 47.3 Å². The summed E-state index contributed by atoms with van der Waals surface area (Å²) < 4.78 is 6.49. The van der Waals surface area contributed by atoms with E-state index >= 15 is 0 Å². The summed E-state index contributed by atoms with van der Waals surface area (Å²) in [5.74, 6) is 0.543. The number of hydrogen-bond donors (Lipinski definition) is 2. The Kier molecular flexibility index (Phi) is 4.79. The van der Waals surface area contributed by atoms with Crippen LogP contribution < -0.4 is 10.6 Å². The monoisotopic (exact) mass is 378 g/mol. The van der Waals surface area contributed by atoms with Crippen LogP contribution in [0.3, 0.4) is 0 Å². The molecule has 0 saturated carbocycles. The number of aromatic nitrogens is 2. The Bertz CT molecular complexity index is 532. The first kappa shape index (κ1) is 13.6. The van der Waals surface area contributed by atoms with Gasteiger partial charge in [-0.25, -0.2) is 0 Å². The average molecular weight is 379 g/mol. The zero-order valence-electron chi connectivity index (χ0n) is 9.70. The van der Waals surface area contributed by atoms with Crippen molar-refractivity contribution >= 4 is 45.9 Å². The molecule has 0 fully saturated rings. The third kappa shape index (κ3) is 3.56. The van der Waals surface area contributed by atoms with E-state index < -0.39 is 0 Å². The molecule has 2 rings (SSSR count). The maximum Gasteiger partial charge on any atom is 0.320 e. The Morgan fingerprint density at radius 1 is 1.39 bits per heavy atom. The van der Waals surface area contributed by atoms with Gasteiger partial charge >= 0.3 is 6.01 Å². The molecule has 0 radical (unpaired) electrons. The van der Waals surface area contributed by atoms with Crippen molar-refractivity contribution in [1.82, 2.24) is 15.5 Å². The van der Waals surface area contributed by atoms with Crippen molar-refractivity contribution < 1.29 is 4.42 Å². The maximum atomic E-state index is 6.10. The van der Waals surface area contributed by atoms with E-state index in [4.69, 9.17) is 16.0 Å². The van der Waals surface area contributed by atoms with E-state index in [2.05, 4.69) is 43.4 Å². The van der Waals surface area contributed by atoms with E-state index in [1.54, 1.807) is 0 Å². The molecule has 0 saturated heterocycles. The Balaban J connectivity index is 2.06. The zero-order valence-corrected chi connectivity index (χ0v) is 12.6. The first-order valence-corrected chi connectivity index (χ1v) is 6.90. The molecule has 0 bridgehead atoms. The molecular weight excluding hydrogens is 367 g/mol. The fourth-order valence-corrected chi connectivity index (χ4v) is 2.22.